The van der Waals surface area contributed by atoms with Crippen LogP contribution in [0.25, 0.3) is 10.2 Å². The number of carbonyl (C=O) groups excluding carboxylic acids is 1. The van der Waals surface area contributed by atoms with Crippen molar-refractivity contribution in [1.29, 1.82) is 0 Å². The summed E-state index contributed by atoms with van der Waals surface area (Å²) in [5.74, 6) is 1.10. The van der Waals surface area contributed by atoms with Crippen LogP contribution in [0.3, 0.4) is 0 Å². The van der Waals surface area contributed by atoms with E-state index in [2.05, 4.69) is 4.90 Å². The van der Waals surface area contributed by atoms with Crippen LogP contribution in [0.4, 0.5) is 5.13 Å². The smallest absolute Gasteiger partial charge is 0.260 e. The van der Waals surface area contributed by atoms with Gasteiger partial charge in [0, 0.05) is 41.8 Å². The fraction of sp³-hybridized carbons (Fsp3) is 0.391. The fourth-order valence-electron chi connectivity index (χ4n) is 3.78. The number of anilines is 1. The number of nitrogens with zero attached hydrogens (tertiary/aromatic N) is 3. The number of methoxy groups -OCH3 is 2. The summed E-state index contributed by atoms with van der Waals surface area (Å²) in [4.78, 5) is 22.4. The number of benzene rings is 2. The van der Waals surface area contributed by atoms with Crippen molar-refractivity contribution in [3.05, 3.63) is 45.9 Å². The van der Waals surface area contributed by atoms with E-state index >= 15 is 0 Å². The molecule has 10 heteroatoms. The summed E-state index contributed by atoms with van der Waals surface area (Å²) < 4.78 is 17.3. The summed E-state index contributed by atoms with van der Waals surface area (Å²) in [5.41, 5.74) is 1.07. The summed E-state index contributed by atoms with van der Waals surface area (Å²) >= 11 is 13.7. The molecule has 0 aliphatic carbocycles. The molecule has 0 bridgehead atoms. The van der Waals surface area contributed by atoms with Gasteiger partial charge >= 0.3 is 0 Å². The van der Waals surface area contributed by atoms with Gasteiger partial charge in [-0.25, -0.2) is 4.98 Å². The molecule has 0 atom stereocenters. The largest absolute Gasteiger partial charge is 0.495 e. The summed E-state index contributed by atoms with van der Waals surface area (Å²) in [7, 11) is 3.21. The molecule has 1 aromatic heterocycles. The second kappa shape index (κ2) is 10.9. The molecule has 2 aromatic carbocycles. The number of fused-ring (bicyclic) bond motifs is 1. The van der Waals surface area contributed by atoms with Crippen LogP contribution in [-0.4, -0.2) is 69.4 Å². The molecular weight excluding hydrogens is 485 g/mol. The van der Waals surface area contributed by atoms with Crippen LogP contribution < -0.4 is 14.4 Å². The minimum absolute atomic E-state index is 0.210. The van der Waals surface area contributed by atoms with Crippen molar-refractivity contribution in [2.45, 2.75) is 6.42 Å². The Labute approximate surface area is 206 Å². The molecule has 1 fully saturated rings. The molecule has 0 unspecified atom stereocenters. The monoisotopic (exact) mass is 509 g/mol. The van der Waals surface area contributed by atoms with E-state index < -0.39 is 0 Å². The molecule has 1 aliphatic rings. The van der Waals surface area contributed by atoms with Gasteiger partial charge in [-0.15, -0.1) is 0 Å². The number of hydrogen-bond acceptors (Lipinski definition) is 7. The lowest BCUT2D eigenvalue weighted by molar-refractivity contribution is 0.0376. The Balaban J connectivity index is 1.67. The van der Waals surface area contributed by atoms with Crippen molar-refractivity contribution < 1.29 is 19.0 Å². The van der Waals surface area contributed by atoms with Crippen molar-refractivity contribution in [3.8, 4) is 11.5 Å². The van der Waals surface area contributed by atoms with Crippen molar-refractivity contribution in [2.24, 2.45) is 0 Å². The quantitative estimate of drug-likeness (QED) is 0.426. The van der Waals surface area contributed by atoms with Crippen LogP contribution in [0.2, 0.25) is 10.0 Å². The third-order valence-corrected chi connectivity index (χ3v) is 6.97. The molecule has 0 radical (unpaired) electrons. The van der Waals surface area contributed by atoms with Crippen LogP contribution in [-0.2, 0) is 4.74 Å². The molecular formula is C23H25Cl2N3O4S. The van der Waals surface area contributed by atoms with E-state index in [1.54, 1.807) is 37.3 Å². The van der Waals surface area contributed by atoms with Crippen molar-refractivity contribution in [2.75, 3.05) is 58.5 Å². The first kappa shape index (κ1) is 24.0. The van der Waals surface area contributed by atoms with Crippen LogP contribution in [0, 0.1) is 0 Å². The van der Waals surface area contributed by atoms with Crippen molar-refractivity contribution >= 4 is 55.8 Å². The van der Waals surface area contributed by atoms with E-state index in [-0.39, 0.29) is 5.91 Å². The summed E-state index contributed by atoms with van der Waals surface area (Å²) in [6.45, 7) is 4.62. The van der Waals surface area contributed by atoms with E-state index in [0.29, 0.717) is 44.3 Å². The number of hydrogen-bond donors (Lipinski definition) is 0. The number of aromatic nitrogens is 1. The van der Waals surface area contributed by atoms with Gasteiger partial charge in [-0.2, -0.15) is 0 Å². The molecule has 7 nitrogen and oxygen atoms in total. The third-order valence-electron chi connectivity index (χ3n) is 5.44. The standard InChI is InChI=1S/C23H25Cl2N3O4S/c1-30-18-4-5-19(31-2)21-20(18)26-23(33-21)28(7-3-6-27-8-10-32-11-9-27)22(29)15-12-16(24)14-17(25)13-15/h4-5,12-14H,3,6-11H2,1-2H3. The Morgan fingerprint density at radius 1 is 1.12 bits per heavy atom. The lowest BCUT2D eigenvalue weighted by Crippen LogP contribution is -2.39. The zero-order chi connectivity index (χ0) is 23.4. The Hall–Kier alpha value is -2.10. The predicted molar refractivity (Wildman–Crippen MR) is 133 cm³/mol. The van der Waals surface area contributed by atoms with Crippen LogP contribution >= 0.6 is 34.5 Å². The number of amides is 1. The average Bonchev–Trinajstić information content (AvgIpc) is 3.26. The maximum atomic E-state index is 13.6. The molecule has 0 spiro atoms. The van der Waals surface area contributed by atoms with Gasteiger partial charge in [-0.1, -0.05) is 34.5 Å². The lowest BCUT2D eigenvalue weighted by Gasteiger charge is -2.27. The highest BCUT2D eigenvalue weighted by molar-refractivity contribution is 7.22. The second-order valence-corrected chi connectivity index (χ2v) is 9.42. The molecule has 1 saturated heterocycles. The van der Waals surface area contributed by atoms with Gasteiger partial charge in [0.05, 0.1) is 27.4 Å². The number of thiazole rings is 1. The molecule has 2 heterocycles. The summed E-state index contributed by atoms with van der Waals surface area (Å²) in [6, 6.07) is 8.50. The summed E-state index contributed by atoms with van der Waals surface area (Å²) in [6.07, 6.45) is 0.782. The molecule has 1 aliphatic heterocycles. The number of rotatable bonds is 8. The fourth-order valence-corrected chi connectivity index (χ4v) is 5.41. The number of carbonyl (C=O) groups is 1. The Kier molecular flexibility index (Phi) is 7.93. The van der Waals surface area contributed by atoms with Gasteiger partial charge in [0.15, 0.2) is 5.13 Å². The van der Waals surface area contributed by atoms with E-state index in [1.165, 1.54) is 11.3 Å². The molecule has 3 aromatic rings. The first-order chi connectivity index (χ1) is 16.0. The van der Waals surface area contributed by atoms with Gasteiger partial charge in [0.1, 0.15) is 21.7 Å². The number of halogens is 2. The second-order valence-electron chi connectivity index (χ2n) is 7.57. The van der Waals surface area contributed by atoms with Gasteiger partial charge in [0.25, 0.3) is 5.91 Å². The van der Waals surface area contributed by atoms with E-state index in [4.69, 9.17) is 42.4 Å². The Bertz CT molecular complexity index is 1070. The Morgan fingerprint density at radius 2 is 1.79 bits per heavy atom. The zero-order valence-electron chi connectivity index (χ0n) is 18.5. The highest BCUT2D eigenvalue weighted by atomic mass is 35.5. The van der Waals surface area contributed by atoms with Crippen LogP contribution in [0.1, 0.15) is 16.8 Å². The minimum atomic E-state index is -0.210. The van der Waals surface area contributed by atoms with Crippen LogP contribution in [0.5, 0.6) is 11.5 Å². The maximum Gasteiger partial charge on any atom is 0.260 e. The highest BCUT2D eigenvalue weighted by Gasteiger charge is 2.24. The normalized spacial score (nSPS) is 14.4. The first-order valence-electron chi connectivity index (χ1n) is 10.6. The van der Waals surface area contributed by atoms with Gasteiger partial charge in [-0.05, 0) is 36.8 Å². The van der Waals surface area contributed by atoms with E-state index in [0.717, 1.165) is 44.0 Å². The summed E-state index contributed by atoms with van der Waals surface area (Å²) in [5, 5.41) is 1.38. The van der Waals surface area contributed by atoms with Crippen molar-refractivity contribution in [3.63, 3.8) is 0 Å². The third kappa shape index (κ3) is 5.53. The predicted octanol–water partition coefficient (Wildman–Crippen LogP) is 4.99. The minimum Gasteiger partial charge on any atom is -0.495 e. The molecule has 33 heavy (non-hydrogen) atoms. The van der Waals surface area contributed by atoms with Crippen LogP contribution in [0.15, 0.2) is 30.3 Å². The first-order valence-corrected chi connectivity index (χ1v) is 12.2. The molecule has 1 amide bonds. The number of ether oxygens (including phenoxy) is 3. The maximum absolute atomic E-state index is 13.6. The molecule has 0 saturated carbocycles. The van der Waals surface area contributed by atoms with Crippen molar-refractivity contribution in [1.82, 2.24) is 9.88 Å². The zero-order valence-corrected chi connectivity index (χ0v) is 20.8. The van der Waals surface area contributed by atoms with Gasteiger partial charge in [0.2, 0.25) is 0 Å². The SMILES string of the molecule is COc1ccc(OC)c2sc(N(CCCN3CCOCC3)C(=O)c3cc(Cl)cc(Cl)c3)nc12. The molecule has 4 rings (SSSR count). The Morgan fingerprint density at radius 3 is 2.45 bits per heavy atom. The lowest BCUT2D eigenvalue weighted by atomic mass is 10.2. The topological polar surface area (TPSA) is 64.1 Å². The van der Waals surface area contributed by atoms with E-state index in [1.807, 2.05) is 12.1 Å². The number of morpholine rings is 1. The van der Waals surface area contributed by atoms with Gasteiger partial charge in [-0.3, -0.25) is 14.6 Å². The highest BCUT2D eigenvalue weighted by Crippen LogP contribution is 2.40. The van der Waals surface area contributed by atoms with Gasteiger partial charge < -0.3 is 14.2 Å². The molecule has 176 valence electrons. The van der Waals surface area contributed by atoms with E-state index in [9.17, 15) is 4.79 Å². The molecule has 0 N–H and O–H groups in total. The average molecular weight is 510 g/mol.